The molecule has 2 atom stereocenters. The zero-order valence-corrected chi connectivity index (χ0v) is 32.2. The maximum absolute atomic E-state index is 5.70. The Morgan fingerprint density at radius 3 is 2.11 bits per heavy atom. The van der Waals surface area contributed by atoms with Crippen molar-refractivity contribution in [3.05, 3.63) is 89.5 Å². The molecule has 1 aliphatic rings. The van der Waals surface area contributed by atoms with Crippen LogP contribution in [-0.2, 0) is 6.42 Å². The molecule has 2 nitrogen and oxygen atoms in total. The Hall–Kier alpha value is -2.36. The number of unbranched alkanes of at least 4 members (excludes halogenated alkanes) is 1. The zero-order valence-electron chi connectivity index (χ0n) is 32.2. The molecule has 2 aromatic carbocycles. The van der Waals surface area contributed by atoms with Crippen LogP contribution in [-0.4, -0.2) is 27.6 Å². The highest BCUT2D eigenvalue weighted by Gasteiger charge is 2.18. The van der Waals surface area contributed by atoms with Crippen LogP contribution in [0.4, 0.5) is 0 Å². The molecule has 2 N–H and O–H groups in total. The lowest BCUT2D eigenvalue weighted by Gasteiger charge is -2.24. The van der Waals surface area contributed by atoms with Crippen molar-refractivity contribution in [3.8, 4) is 11.1 Å². The van der Waals surface area contributed by atoms with Crippen LogP contribution in [0.25, 0.3) is 16.7 Å². The fourth-order valence-corrected chi connectivity index (χ4v) is 5.02. The van der Waals surface area contributed by atoms with Gasteiger partial charge in [-0.3, -0.25) is 0 Å². The van der Waals surface area contributed by atoms with Crippen LogP contribution in [0.1, 0.15) is 131 Å². The van der Waals surface area contributed by atoms with Gasteiger partial charge in [0.05, 0.1) is 0 Å². The SMILES string of the molecule is C=CC1CC1.CC.CCC(C)CCCCNC.[B]NC(Cc1cccc(-c2ccc(C)c(C(CC(C)(C)C)=C(C)C)c2)c1)C(=C)C. The summed E-state index contributed by atoms with van der Waals surface area (Å²) in [6.07, 6.45) is 12.2. The van der Waals surface area contributed by atoms with Crippen molar-refractivity contribution >= 4 is 13.6 Å². The fourth-order valence-electron chi connectivity index (χ4n) is 5.02. The summed E-state index contributed by atoms with van der Waals surface area (Å²) in [6, 6.07) is 15.7. The Morgan fingerprint density at radius 1 is 1.02 bits per heavy atom. The van der Waals surface area contributed by atoms with E-state index in [2.05, 4.69) is 122 Å². The van der Waals surface area contributed by atoms with E-state index in [0.717, 1.165) is 30.3 Å². The van der Waals surface area contributed by atoms with E-state index in [-0.39, 0.29) is 11.5 Å². The van der Waals surface area contributed by atoms with Gasteiger partial charge >= 0.3 is 0 Å². The van der Waals surface area contributed by atoms with Crippen molar-refractivity contribution in [2.75, 3.05) is 13.6 Å². The van der Waals surface area contributed by atoms with Crippen molar-refractivity contribution in [1.82, 2.24) is 10.5 Å². The van der Waals surface area contributed by atoms with Gasteiger partial charge < -0.3 is 10.5 Å². The Labute approximate surface area is 288 Å². The van der Waals surface area contributed by atoms with Crippen LogP contribution in [0.5, 0.6) is 0 Å². The number of allylic oxidation sites excluding steroid dienone is 3. The lowest BCUT2D eigenvalue weighted by Crippen LogP contribution is -2.29. The third-order valence-corrected chi connectivity index (χ3v) is 8.40. The van der Waals surface area contributed by atoms with Crippen LogP contribution >= 0.6 is 0 Å². The second kappa shape index (κ2) is 23.9. The number of aryl methyl sites for hydroxylation is 1. The molecule has 1 fully saturated rings. The highest BCUT2D eigenvalue weighted by atomic mass is 14.8. The van der Waals surface area contributed by atoms with E-state index in [9.17, 15) is 0 Å². The molecule has 1 saturated carbocycles. The molecule has 2 aromatic rings. The molecule has 0 aromatic heterocycles. The van der Waals surface area contributed by atoms with Gasteiger partial charge in [0.2, 0.25) is 0 Å². The first-order valence-electron chi connectivity index (χ1n) is 18.0. The van der Waals surface area contributed by atoms with E-state index >= 15 is 0 Å². The van der Waals surface area contributed by atoms with Gasteiger partial charge in [-0.15, -0.1) is 6.58 Å². The molecule has 0 bridgehead atoms. The van der Waals surface area contributed by atoms with Gasteiger partial charge in [-0.05, 0) is 130 Å². The first-order chi connectivity index (χ1) is 21.8. The van der Waals surface area contributed by atoms with Crippen LogP contribution in [0, 0.1) is 24.2 Å². The minimum absolute atomic E-state index is 0.0860. The first-order valence-corrected chi connectivity index (χ1v) is 18.0. The van der Waals surface area contributed by atoms with Crippen molar-refractivity contribution in [2.24, 2.45) is 17.3 Å². The fraction of sp³-hybridized carbons (Fsp3) is 0.581. The van der Waals surface area contributed by atoms with Gasteiger partial charge in [-0.1, -0.05) is 128 Å². The van der Waals surface area contributed by atoms with E-state index < -0.39 is 0 Å². The molecule has 0 saturated heterocycles. The topological polar surface area (TPSA) is 24.1 Å². The quantitative estimate of drug-likeness (QED) is 0.124. The summed E-state index contributed by atoms with van der Waals surface area (Å²) >= 11 is 0. The summed E-state index contributed by atoms with van der Waals surface area (Å²) < 4.78 is 0. The molecule has 3 heteroatoms. The smallest absolute Gasteiger partial charge is 0.178 e. The number of hydrogen-bond donors (Lipinski definition) is 2. The van der Waals surface area contributed by atoms with E-state index in [4.69, 9.17) is 7.98 Å². The second-order valence-electron chi connectivity index (χ2n) is 14.4. The largest absolute Gasteiger partial charge is 0.360 e. The number of nitrogens with one attached hydrogen (secondary N) is 2. The second-order valence-corrected chi connectivity index (χ2v) is 14.4. The summed E-state index contributed by atoms with van der Waals surface area (Å²) in [7, 11) is 7.72. The van der Waals surface area contributed by atoms with Gasteiger partial charge in [0.25, 0.3) is 0 Å². The number of benzene rings is 2. The molecular formula is C43H71BN2. The molecule has 0 aliphatic heterocycles. The normalized spacial score (nSPS) is 13.4. The lowest BCUT2D eigenvalue weighted by atomic mass is 9.81. The lowest BCUT2D eigenvalue weighted by molar-refractivity contribution is 0.426. The van der Waals surface area contributed by atoms with E-state index in [1.54, 1.807) is 0 Å². The van der Waals surface area contributed by atoms with Crippen molar-refractivity contribution < 1.29 is 0 Å². The number of hydrogen-bond acceptors (Lipinski definition) is 2. The maximum atomic E-state index is 5.70. The van der Waals surface area contributed by atoms with Crippen molar-refractivity contribution in [2.45, 2.75) is 134 Å². The van der Waals surface area contributed by atoms with E-state index in [0.29, 0.717) is 0 Å². The third-order valence-electron chi connectivity index (χ3n) is 8.40. The zero-order chi connectivity index (χ0) is 35.3. The standard InChI is InChI=1S/C27H36BN.C9H21N.C5H8.C2H6/c1-18(2)25(17-27(6,7)8)24-16-23(13-12-20(24)5)22-11-9-10-21(14-22)15-26(29-28)19(3)4;1-4-9(2)7-5-6-8-10-3;1-2-5-3-4-5;1-2/h9-14,16,26,29H,3,15,17H2,1-2,4-8H3;9-10H,4-8H2,1-3H3;2,5H,1,3-4H2;1-2H3. The van der Waals surface area contributed by atoms with E-state index in [1.165, 1.54) is 84.0 Å². The summed E-state index contributed by atoms with van der Waals surface area (Å²) in [4.78, 5) is 0. The van der Waals surface area contributed by atoms with Crippen LogP contribution < -0.4 is 10.5 Å². The van der Waals surface area contributed by atoms with Crippen molar-refractivity contribution in [3.63, 3.8) is 0 Å². The van der Waals surface area contributed by atoms with Crippen LogP contribution in [0.3, 0.4) is 0 Å². The predicted octanol–water partition coefficient (Wildman–Crippen LogP) is 12.1. The molecule has 1 aliphatic carbocycles. The molecule has 0 spiro atoms. The molecule has 2 unspecified atom stereocenters. The molecular weight excluding hydrogens is 555 g/mol. The van der Waals surface area contributed by atoms with Gasteiger partial charge in [-0.25, -0.2) is 0 Å². The Balaban J connectivity index is 0.000000972. The molecule has 2 radical (unpaired) electrons. The maximum Gasteiger partial charge on any atom is 0.178 e. The average molecular weight is 627 g/mol. The minimum Gasteiger partial charge on any atom is -0.360 e. The van der Waals surface area contributed by atoms with Crippen molar-refractivity contribution in [1.29, 1.82) is 0 Å². The number of rotatable bonds is 14. The van der Waals surface area contributed by atoms with Gasteiger partial charge in [0, 0.05) is 6.04 Å². The Morgan fingerprint density at radius 2 is 1.65 bits per heavy atom. The minimum atomic E-state index is 0.0860. The Kier molecular flexibility index (Phi) is 22.7. The van der Waals surface area contributed by atoms with Crippen LogP contribution in [0.2, 0.25) is 0 Å². The highest BCUT2D eigenvalue weighted by Crippen LogP contribution is 2.36. The molecule has 46 heavy (non-hydrogen) atoms. The highest BCUT2D eigenvalue weighted by molar-refractivity contribution is 6.04. The summed E-state index contributed by atoms with van der Waals surface area (Å²) in [5, 5.41) is 6.03. The molecule has 0 amide bonds. The first kappa shape index (κ1) is 43.6. The molecule has 256 valence electrons. The molecule has 3 rings (SSSR count). The van der Waals surface area contributed by atoms with E-state index in [1.807, 2.05) is 33.9 Å². The predicted molar refractivity (Wildman–Crippen MR) is 212 cm³/mol. The van der Waals surface area contributed by atoms with Crippen LogP contribution in [0.15, 0.2) is 72.8 Å². The molecule has 0 heterocycles. The summed E-state index contributed by atoms with van der Waals surface area (Å²) in [6.45, 7) is 33.0. The Bertz CT molecular complexity index is 1160. The van der Waals surface area contributed by atoms with Gasteiger partial charge in [0.15, 0.2) is 7.98 Å². The monoisotopic (exact) mass is 627 g/mol. The summed E-state index contributed by atoms with van der Waals surface area (Å²) in [5.41, 5.74) is 10.6. The van der Waals surface area contributed by atoms with Gasteiger partial charge in [0.1, 0.15) is 0 Å². The third kappa shape index (κ3) is 18.7. The summed E-state index contributed by atoms with van der Waals surface area (Å²) in [5.74, 6) is 1.83. The average Bonchev–Trinajstić information content (AvgIpc) is 3.87. The van der Waals surface area contributed by atoms with Gasteiger partial charge in [-0.2, -0.15) is 0 Å².